The molecule has 3 heteroatoms. The molecule has 2 fully saturated rings. The minimum atomic E-state index is 0.360. The maximum atomic E-state index is 6.05. The molecule has 0 radical (unpaired) electrons. The number of likely N-dealkylation sites (tertiary alicyclic amines) is 2. The molecule has 2 aliphatic heterocycles. The van der Waals surface area contributed by atoms with Crippen LogP contribution in [0.25, 0.3) is 0 Å². The first-order valence-electron chi connectivity index (χ1n) is 9.02. The second-order valence-corrected chi connectivity index (χ2v) is 7.93. The Morgan fingerprint density at radius 2 is 1.81 bits per heavy atom. The van der Waals surface area contributed by atoms with Gasteiger partial charge in [0, 0.05) is 19.6 Å². The van der Waals surface area contributed by atoms with Gasteiger partial charge in [-0.05, 0) is 71.0 Å². The summed E-state index contributed by atoms with van der Waals surface area (Å²) in [5, 5.41) is 0. The van der Waals surface area contributed by atoms with Crippen LogP contribution in [-0.4, -0.2) is 61.8 Å². The third-order valence-electron chi connectivity index (χ3n) is 5.27. The molecule has 3 atom stereocenters. The van der Waals surface area contributed by atoms with Gasteiger partial charge in [0.15, 0.2) is 0 Å². The molecule has 3 nitrogen and oxygen atoms in total. The van der Waals surface area contributed by atoms with E-state index < -0.39 is 0 Å². The molecule has 0 saturated carbocycles. The second kappa shape index (κ2) is 7.94. The first-order valence-corrected chi connectivity index (χ1v) is 9.02. The minimum Gasteiger partial charge on any atom is -0.374 e. The number of hydrogen-bond donors (Lipinski definition) is 0. The second-order valence-electron chi connectivity index (χ2n) is 7.93. The average Bonchev–Trinajstić information content (AvgIpc) is 2.38. The third-order valence-corrected chi connectivity index (χ3v) is 5.27. The standard InChI is InChI=1S/C18H36N2O/c1-14(2)18-8-10-19(5)11-16(18)12-20-9-6-7-17(13-20)21-15(3)4/h14-18H,6-13H2,1-5H3. The minimum absolute atomic E-state index is 0.360. The molecule has 2 aliphatic rings. The molecule has 2 rings (SSSR count). The lowest BCUT2D eigenvalue weighted by Gasteiger charge is -2.43. The van der Waals surface area contributed by atoms with Gasteiger partial charge in [-0.25, -0.2) is 0 Å². The molecule has 0 aromatic carbocycles. The third kappa shape index (κ3) is 5.22. The van der Waals surface area contributed by atoms with E-state index in [2.05, 4.69) is 44.5 Å². The van der Waals surface area contributed by atoms with Gasteiger partial charge in [0.1, 0.15) is 0 Å². The van der Waals surface area contributed by atoms with Crippen LogP contribution < -0.4 is 0 Å². The Morgan fingerprint density at radius 3 is 2.48 bits per heavy atom. The van der Waals surface area contributed by atoms with Crippen molar-refractivity contribution < 1.29 is 4.74 Å². The van der Waals surface area contributed by atoms with Gasteiger partial charge in [-0.3, -0.25) is 0 Å². The predicted octanol–water partition coefficient (Wildman–Crippen LogP) is 3.10. The molecule has 3 unspecified atom stereocenters. The first-order chi connectivity index (χ1) is 9.95. The van der Waals surface area contributed by atoms with E-state index in [-0.39, 0.29) is 0 Å². The van der Waals surface area contributed by atoms with Crippen molar-refractivity contribution in [3.63, 3.8) is 0 Å². The van der Waals surface area contributed by atoms with Crippen LogP contribution in [-0.2, 0) is 4.74 Å². The Hall–Kier alpha value is -0.120. The normalized spacial score (nSPS) is 33.0. The van der Waals surface area contributed by atoms with Crippen LogP contribution >= 0.6 is 0 Å². The van der Waals surface area contributed by atoms with Gasteiger partial charge in [-0.15, -0.1) is 0 Å². The molecule has 0 spiro atoms. The van der Waals surface area contributed by atoms with Gasteiger partial charge in [-0.1, -0.05) is 13.8 Å². The predicted molar refractivity (Wildman–Crippen MR) is 89.6 cm³/mol. The topological polar surface area (TPSA) is 15.7 Å². The largest absolute Gasteiger partial charge is 0.374 e. The van der Waals surface area contributed by atoms with Crippen LogP contribution in [0.5, 0.6) is 0 Å². The van der Waals surface area contributed by atoms with Crippen LogP contribution in [0.3, 0.4) is 0 Å². The molecular weight excluding hydrogens is 260 g/mol. The fourth-order valence-electron chi connectivity index (χ4n) is 4.31. The fraction of sp³-hybridized carbons (Fsp3) is 1.00. The van der Waals surface area contributed by atoms with Crippen LogP contribution in [0.1, 0.15) is 47.0 Å². The van der Waals surface area contributed by atoms with Crippen LogP contribution in [0.2, 0.25) is 0 Å². The highest BCUT2D eigenvalue weighted by atomic mass is 16.5. The Balaban J connectivity index is 1.88. The SMILES string of the molecule is CC(C)OC1CCCN(CC2CN(C)CCC2C(C)C)C1. The monoisotopic (exact) mass is 296 g/mol. The van der Waals surface area contributed by atoms with E-state index in [0.29, 0.717) is 12.2 Å². The lowest BCUT2D eigenvalue weighted by Crippen LogP contribution is -2.49. The number of nitrogens with zero attached hydrogens (tertiary/aromatic N) is 2. The molecule has 0 aromatic heterocycles. The summed E-state index contributed by atoms with van der Waals surface area (Å²) in [5.41, 5.74) is 0. The van der Waals surface area contributed by atoms with Crippen molar-refractivity contribution in [3.8, 4) is 0 Å². The van der Waals surface area contributed by atoms with Gasteiger partial charge >= 0.3 is 0 Å². The highest BCUT2D eigenvalue weighted by Crippen LogP contribution is 2.31. The molecule has 0 amide bonds. The summed E-state index contributed by atoms with van der Waals surface area (Å²) in [6.07, 6.45) is 4.73. The molecule has 0 N–H and O–H groups in total. The fourth-order valence-corrected chi connectivity index (χ4v) is 4.31. The van der Waals surface area contributed by atoms with Crippen molar-refractivity contribution in [3.05, 3.63) is 0 Å². The van der Waals surface area contributed by atoms with E-state index in [4.69, 9.17) is 4.74 Å². The van der Waals surface area contributed by atoms with Gasteiger partial charge in [0.2, 0.25) is 0 Å². The highest BCUT2D eigenvalue weighted by molar-refractivity contribution is 4.85. The molecule has 124 valence electrons. The van der Waals surface area contributed by atoms with Crippen molar-refractivity contribution in [2.45, 2.75) is 59.2 Å². The summed E-state index contributed by atoms with van der Waals surface area (Å²) in [6.45, 7) is 15.4. The highest BCUT2D eigenvalue weighted by Gasteiger charge is 2.32. The van der Waals surface area contributed by atoms with E-state index in [0.717, 1.165) is 24.3 Å². The van der Waals surface area contributed by atoms with Crippen LogP contribution in [0, 0.1) is 17.8 Å². The van der Waals surface area contributed by atoms with E-state index >= 15 is 0 Å². The average molecular weight is 296 g/mol. The lowest BCUT2D eigenvalue weighted by atomic mass is 9.78. The zero-order chi connectivity index (χ0) is 15.4. The molecule has 2 saturated heterocycles. The number of ether oxygens (including phenoxy) is 1. The smallest absolute Gasteiger partial charge is 0.0705 e. The first kappa shape index (κ1) is 17.2. The molecule has 0 aromatic rings. The van der Waals surface area contributed by atoms with E-state index in [9.17, 15) is 0 Å². The Bertz CT molecular complexity index is 306. The molecule has 2 heterocycles. The van der Waals surface area contributed by atoms with E-state index in [1.807, 2.05) is 0 Å². The Labute approximate surface area is 132 Å². The van der Waals surface area contributed by atoms with Gasteiger partial charge in [0.05, 0.1) is 12.2 Å². The number of piperidine rings is 2. The molecule has 0 bridgehead atoms. The van der Waals surface area contributed by atoms with Crippen molar-refractivity contribution in [1.29, 1.82) is 0 Å². The summed E-state index contributed by atoms with van der Waals surface area (Å²) in [6, 6.07) is 0. The zero-order valence-electron chi connectivity index (χ0n) is 14.8. The maximum absolute atomic E-state index is 6.05. The van der Waals surface area contributed by atoms with Crippen molar-refractivity contribution in [2.75, 3.05) is 39.8 Å². The molecular formula is C18H36N2O. The van der Waals surface area contributed by atoms with Crippen molar-refractivity contribution in [2.24, 2.45) is 17.8 Å². The number of hydrogen-bond acceptors (Lipinski definition) is 3. The van der Waals surface area contributed by atoms with Crippen molar-refractivity contribution >= 4 is 0 Å². The van der Waals surface area contributed by atoms with Gasteiger partial charge in [-0.2, -0.15) is 0 Å². The van der Waals surface area contributed by atoms with E-state index in [1.165, 1.54) is 45.4 Å². The Morgan fingerprint density at radius 1 is 1.05 bits per heavy atom. The Kier molecular flexibility index (Phi) is 6.51. The molecule has 0 aliphatic carbocycles. The number of rotatable bonds is 5. The van der Waals surface area contributed by atoms with Crippen LogP contribution in [0.4, 0.5) is 0 Å². The van der Waals surface area contributed by atoms with Crippen LogP contribution in [0.15, 0.2) is 0 Å². The summed E-state index contributed by atoms with van der Waals surface area (Å²) in [5.74, 6) is 2.55. The summed E-state index contributed by atoms with van der Waals surface area (Å²) in [7, 11) is 2.28. The maximum Gasteiger partial charge on any atom is 0.0705 e. The lowest BCUT2D eigenvalue weighted by molar-refractivity contribution is -0.0412. The zero-order valence-corrected chi connectivity index (χ0v) is 14.8. The quantitative estimate of drug-likeness (QED) is 0.775. The summed E-state index contributed by atoms with van der Waals surface area (Å²) < 4.78 is 6.05. The van der Waals surface area contributed by atoms with Gasteiger partial charge < -0.3 is 14.5 Å². The summed E-state index contributed by atoms with van der Waals surface area (Å²) in [4.78, 5) is 5.20. The summed E-state index contributed by atoms with van der Waals surface area (Å²) >= 11 is 0. The van der Waals surface area contributed by atoms with Crippen molar-refractivity contribution in [1.82, 2.24) is 9.80 Å². The molecule has 21 heavy (non-hydrogen) atoms. The van der Waals surface area contributed by atoms with E-state index in [1.54, 1.807) is 0 Å². The van der Waals surface area contributed by atoms with Gasteiger partial charge in [0.25, 0.3) is 0 Å².